The molecule has 2 rings (SSSR count). The Labute approximate surface area is 106 Å². The maximum absolute atomic E-state index is 2.47. The Bertz CT molecular complexity index is 369. The van der Waals surface area contributed by atoms with Gasteiger partial charge in [0.05, 0.1) is 0 Å². The number of rotatable bonds is 5. The zero-order valence-electron chi connectivity index (χ0n) is 11.8. The monoisotopic (exact) mass is 230 g/mol. The Kier molecular flexibility index (Phi) is 3.61. The minimum absolute atomic E-state index is 0.543. The smallest absolute Gasteiger partial charge is 0.00438 e. The van der Waals surface area contributed by atoms with E-state index in [1.54, 1.807) is 5.56 Å². The third-order valence-electron chi connectivity index (χ3n) is 3.84. The van der Waals surface area contributed by atoms with E-state index >= 15 is 0 Å². The first kappa shape index (κ1) is 12.7. The molecule has 94 valence electrons. The van der Waals surface area contributed by atoms with Crippen LogP contribution in [0.4, 0.5) is 0 Å². The normalized spacial score (nSPS) is 17.8. The van der Waals surface area contributed by atoms with Crippen molar-refractivity contribution >= 4 is 0 Å². The van der Waals surface area contributed by atoms with E-state index in [0.717, 1.165) is 11.8 Å². The molecule has 0 bridgehead atoms. The predicted octanol–water partition coefficient (Wildman–Crippen LogP) is 4.96. The Hall–Kier alpha value is -0.780. The average Bonchev–Trinajstić information content (AvgIpc) is 2.97. The minimum atomic E-state index is 0.543. The Morgan fingerprint density at radius 3 is 2.29 bits per heavy atom. The van der Waals surface area contributed by atoms with E-state index in [9.17, 15) is 0 Å². The molecule has 0 heterocycles. The van der Waals surface area contributed by atoms with Gasteiger partial charge >= 0.3 is 0 Å². The van der Waals surface area contributed by atoms with Crippen molar-refractivity contribution in [2.75, 3.05) is 0 Å². The SMILES string of the molecule is CC(C)Cc1cccc(C2(CC(C)C)CC2)c1. The molecule has 1 saturated carbocycles. The summed E-state index contributed by atoms with van der Waals surface area (Å²) in [5, 5.41) is 0. The zero-order valence-corrected chi connectivity index (χ0v) is 11.8. The van der Waals surface area contributed by atoms with Crippen molar-refractivity contribution in [3.05, 3.63) is 35.4 Å². The van der Waals surface area contributed by atoms with Crippen molar-refractivity contribution in [3.63, 3.8) is 0 Å². The van der Waals surface area contributed by atoms with Gasteiger partial charge < -0.3 is 0 Å². The van der Waals surface area contributed by atoms with Gasteiger partial charge in [0.2, 0.25) is 0 Å². The summed E-state index contributed by atoms with van der Waals surface area (Å²) in [4.78, 5) is 0. The standard InChI is InChI=1S/C17H26/c1-13(2)10-15-6-5-7-16(11-15)17(8-9-17)12-14(3)4/h5-7,11,13-14H,8-10,12H2,1-4H3. The average molecular weight is 230 g/mol. The third-order valence-corrected chi connectivity index (χ3v) is 3.84. The van der Waals surface area contributed by atoms with E-state index in [-0.39, 0.29) is 0 Å². The van der Waals surface area contributed by atoms with Crippen LogP contribution in [0.25, 0.3) is 0 Å². The fourth-order valence-electron chi connectivity index (χ4n) is 3.04. The van der Waals surface area contributed by atoms with Gasteiger partial charge in [0.25, 0.3) is 0 Å². The van der Waals surface area contributed by atoms with Crippen LogP contribution in [0, 0.1) is 11.8 Å². The molecule has 0 atom stereocenters. The molecule has 1 aromatic carbocycles. The summed E-state index contributed by atoms with van der Waals surface area (Å²) in [7, 11) is 0. The molecule has 0 aliphatic heterocycles. The van der Waals surface area contributed by atoms with Crippen molar-refractivity contribution in [1.82, 2.24) is 0 Å². The first-order valence-corrected chi connectivity index (χ1v) is 7.11. The first-order valence-electron chi connectivity index (χ1n) is 7.11. The summed E-state index contributed by atoms with van der Waals surface area (Å²) in [6.07, 6.45) is 5.37. The molecule has 1 fully saturated rings. The highest BCUT2D eigenvalue weighted by molar-refractivity contribution is 5.34. The van der Waals surface area contributed by atoms with Gasteiger partial charge in [-0.3, -0.25) is 0 Å². The Morgan fingerprint density at radius 2 is 1.76 bits per heavy atom. The highest BCUT2D eigenvalue weighted by atomic mass is 14.5. The molecule has 0 saturated heterocycles. The summed E-state index contributed by atoms with van der Waals surface area (Å²) in [5.74, 6) is 1.57. The molecule has 1 aliphatic carbocycles. The van der Waals surface area contributed by atoms with E-state index in [1.165, 1.54) is 31.2 Å². The second kappa shape index (κ2) is 4.84. The van der Waals surface area contributed by atoms with Crippen LogP contribution >= 0.6 is 0 Å². The maximum atomic E-state index is 2.47. The molecular weight excluding hydrogens is 204 g/mol. The molecule has 0 heteroatoms. The van der Waals surface area contributed by atoms with Crippen LogP contribution in [-0.4, -0.2) is 0 Å². The minimum Gasteiger partial charge on any atom is -0.0627 e. The van der Waals surface area contributed by atoms with Crippen molar-refractivity contribution in [1.29, 1.82) is 0 Å². The van der Waals surface area contributed by atoms with Crippen molar-refractivity contribution in [3.8, 4) is 0 Å². The lowest BCUT2D eigenvalue weighted by atomic mass is 9.86. The molecule has 0 unspecified atom stereocenters. The molecule has 1 aromatic rings. The van der Waals surface area contributed by atoms with Crippen LogP contribution in [-0.2, 0) is 11.8 Å². The molecule has 0 amide bonds. The first-order chi connectivity index (χ1) is 8.02. The molecule has 0 radical (unpaired) electrons. The summed E-state index contributed by atoms with van der Waals surface area (Å²) >= 11 is 0. The van der Waals surface area contributed by atoms with Gasteiger partial charge in [-0.25, -0.2) is 0 Å². The molecule has 0 nitrogen and oxygen atoms in total. The lowest BCUT2D eigenvalue weighted by Crippen LogP contribution is -2.10. The molecule has 0 N–H and O–H groups in total. The summed E-state index contributed by atoms with van der Waals surface area (Å²) < 4.78 is 0. The molecule has 1 aliphatic rings. The van der Waals surface area contributed by atoms with Crippen LogP contribution in [0.3, 0.4) is 0 Å². The van der Waals surface area contributed by atoms with E-state index in [1.807, 2.05) is 0 Å². The van der Waals surface area contributed by atoms with Crippen LogP contribution in [0.15, 0.2) is 24.3 Å². The zero-order chi connectivity index (χ0) is 12.5. The van der Waals surface area contributed by atoms with Crippen LogP contribution in [0.1, 0.15) is 58.1 Å². The van der Waals surface area contributed by atoms with Gasteiger partial charge in [0.15, 0.2) is 0 Å². The molecule has 17 heavy (non-hydrogen) atoms. The predicted molar refractivity (Wildman–Crippen MR) is 75.4 cm³/mol. The summed E-state index contributed by atoms with van der Waals surface area (Å²) in [6, 6.07) is 9.36. The van der Waals surface area contributed by atoms with Crippen LogP contribution < -0.4 is 0 Å². The Morgan fingerprint density at radius 1 is 1.06 bits per heavy atom. The molecule has 0 spiro atoms. The van der Waals surface area contributed by atoms with E-state index < -0.39 is 0 Å². The second-order valence-electron chi connectivity index (χ2n) is 6.68. The van der Waals surface area contributed by atoms with Gasteiger partial charge in [0, 0.05) is 0 Å². The van der Waals surface area contributed by atoms with Gasteiger partial charge in [-0.1, -0.05) is 52.0 Å². The van der Waals surface area contributed by atoms with Gasteiger partial charge in [-0.15, -0.1) is 0 Å². The lowest BCUT2D eigenvalue weighted by Gasteiger charge is -2.19. The fourth-order valence-corrected chi connectivity index (χ4v) is 3.04. The van der Waals surface area contributed by atoms with Crippen LogP contribution in [0.2, 0.25) is 0 Å². The van der Waals surface area contributed by atoms with Crippen molar-refractivity contribution in [2.45, 2.75) is 58.8 Å². The Balaban J connectivity index is 2.16. The molecular formula is C17H26. The molecule has 0 aromatic heterocycles. The lowest BCUT2D eigenvalue weighted by molar-refractivity contribution is 0.486. The third kappa shape index (κ3) is 3.12. The summed E-state index contributed by atoms with van der Waals surface area (Å²) in [6.45, 7) is 9.29. The van der Waals surface area contributed by atoms with Gasteiger partial charge in [-0.05, 0) is 54.1 Å². The summed E-state index contributed by atoms with van der Waals surface area (Å²) in [5.41, 5.74) is 3.66. The fraction of sp³-hybridized carbons (Fsp3) is 0.647. The topological polar surface area (TPSA) is 0 Å². The van der Waals surface area contributed by atoms with Crippen LogP contribution in [0.5, 0.6) is 0 Å². The van der Waals surface area contributed by atoms with E-state index in [4.69, 9.17) is 0 Å². The van der Waals surface area contributed by atoms with Gasteiger partial charge in [0.1, 0.15) is 0 Å². The number of hydrogen-bond donors (Lipinski definition) is 0. The quantitative estimate of drug-likeness (QED) is 0.670. The highest BCUT2D eigenvalue weighted by Gasteiger charge is 2.44. The van der Waals surface area contributed by atoms with Crippen molar-refractivity contribution < 1.29 is 0 Å². The highest BCUT2D eigenvalue weighted by Crippen LogP contribution is 2.52. The maximum Gasteiger partial charge on any atom is -0.00438 e. The number of benzene rings is 1. The van der Waals surface area contributed by atoms with E-state index in [0.29, 0.717) is 5.41 Å². The largest absolute Gasteiger partial charge is 0.0627 e. The van der Waals surface area contributed by atoms with E-state index in [2.05, 4.69) is 52.0 Å². The van der Waals surface area contributed by atoms with Crippen molar-refractivity contribution in [2.24, 2.45) is 11.8 Å². The second-order valence-corrected chi connectivity index (χ2v) is 6.68. The number of hydrogen-bond acceptors (Lipinski definition) is 0. The van der Waals surface area contributed by atoms with Gasteiger partial charge in [-0.2, -0.15) is 0 Å².